The number of aromatic nitrogens is 1. The summed E-state index contributed by atoms with van der Waals surface area (Å²) in [5, 5.41) is 5.95. The number of hydrogen-bond donors (Lipinski definition) is 1. The number of nitrogens with one attached hydrogen (secondary N) is 1. The molecule has 2 atom stereocenters. The van der Waals surface area contributed by atoms with Crippen LogP contribution in [0.1, 0.15) is 71.6 Å². The molecule has 0 spiro atoms. The van der Waals surface area contributed by atoms with E-state index in [1.165, 1.54) is 5.56 Å². The first-order valence-corrected chi connectivity index (χ1v) is 13.4. The largest absolute Gasteiger partial charge is 0.381 e. The molecule has 1 aromatic carbocycles. The van der Waals surface area contributed by atoms with E-state index in [2.05, 4.69) is 49.5 Å². The number of piperidine rings is 1. The highest BCUT2D eigenvalue weighted by molar-refractivity contribution is 7.10. The molecule has 2 amide bonds. The molecular formula is C28H35N3O3S. The van der Waals surface area contributed by atoms with Gasteiger partial charge < -0.3 is 15.0 Å². The third-order valence-corrected chi connectivity index (χ3v) is 7.85. The molecule has 1 saturated heterocycles. The molecule has 2 aromatic rings. The zero-order valence-electron chi connectivity index (χ0n) is 20.8. The third kappa shape index (κ3) is 6.27. The van der Waals surface area contributed by atoms with Crippen molar-refractivity contribution in [3.63, 3.8) is 0 Å². The molecule has 2 aliphatic rings. The van der Waals surface area contributed by atoms with Crippen LogP contribution in [0.2, 0.25) is 0 Å². The molecule has 6 nitrogen and oxygen atoms in total. The lowest BCUT2D eigenvalue weighted by molar-refractivity contribution is -0.133. The van der Waals surface area contributed by atoms with Gasteiger partial charge in [0.2, 0.25) is 5.91 Å². The van der Waals surface area contributed by atoms with Gasteiger partial charge in [0.25, 0.3) is 5.91 Å². The van der Waals surface area contributed by atoms with E-state index in [1.54, 1.807) is 11.3 Å². The van der Waals surface area contributed by atoms with Gasteiger partial charge in [0.1, 0.15) is 5.69 Å². The van der Waals surface area contributed by atoms with Crippen molar-refractivity contribution >= 4 is 28.8 Å². The first kappa shape index (κ1) is 25.3. The summed E-state index contributed by atoms with van der Waals surface area (Å²) in [7, 11) is 0. The maximum absolute atomic E-state index is 13.1. The molecule has 186 valence electrons. The van der Waals surface area contributed by atoms with Crippen molar-refractivity contribution in [2.75, 3.05) is 31.6 Å². The number of nitrogens with zero attached hydrogens (tertiary/aromatic N) is 2. The van der Waals surface area contributed by atoms with Gasteiger partial charge in [-0.1, -0.05) is 48.9 Å². The molecule has 7 heteroatoms. The highest BCUT2D eigenvalue weighted by Crippen LogP contribution is 2.36. The predicted molar refractivity (Wildman–Crippen MR) is 141 cm³/mol. The lowest BCUT2D eigenvalue weighted by atomic mass is 9.83. The van der Waals surface area contributed by atoms with Crippen LogP contribution in [0.25, 0.3) is 0 Å². The van der Waals surface area contributed by atoms with Gasteiger partial charge >= 0.3 is 0 Å². The van der Waals surface area contributed by atoms with E-state index in [9.17, 15) is 9.59 Å². The van der Waals surface area contributed by atoms with Crippen molar-refractivity contribution in [3.05, 3.63) is 69.7 Å². The van der Waals surface area contributed by atoms with Crippen LogP contribution in [0.15, 0.2) is 47.9 Å². The number of carbonyl (C=O) groups is 2. The monoisotopic (exact) mass is 493 g/mol. The van der Waals surface area contributed by atoms with E-state index in [-0.39, 0.29) is 23.7 Å². The van der Waals surface area contributed by atoms with Crippen LogP contribution >= 0.6 is 11.3 Å². The standard InChI is InChI=1S/C28H35N3O3S/c1-4-34-16-13-26(32)31-14-11-21(12-15-31)28-30-25(18-35-28)27(33)29-24-10-9-19(2)17-23(24)22-8-6-5-7-20(22)3/h5-10,17-18,20-22H,4,11-16H2,1-3H3,(H,29,33). The van der Waals surface area contributed by atoms with Crippen LogP contribution in [0, 0.1) is 12.8 Å². The summed E-state index contributed by atoms with van der Waals surface area (Å²) in [4.78, 5) is 32.1. The van der Waals surface area contributed by atoms with Gasteiger partial charge in [-0.2, -0.15) is 0 Å². The van der Waals surface area contributed by atoms with Crippen LogP contribution < -0.4 is 5.32 Å². The normalized spacial score (nSPS) is 20.3. The number of amides is 2. The second-order valence-corrected chi connectivity index (χ2v) is 10.3. The molecule has 2 unspecified atom stereocenters. The topological polar surface area (TPSA) is 71.5 Å². The fourth-order valence-electron chi connectivity index (χ4n) is 4.78. The number of ether oxygens (including phenoxy) is 1. The van der Waals surface area contributed by atoms with Crippen LogP contribution in [-0.2, 0) is 9.53 Å². The van der Waals surface area contributed by atoms with Crippen molar-refractivity contribution in [3.8, 4) is 0 Å². The average Bonchev–Trinajstić information content (AvgIpc) is 3.36. The molecule has 2 heterocycles. The second kappa shape index (κ2) is 11.8. The second-order valence-electron chi connectivity index (χ2n) is 9.37. The van der Waals surface area contributed by atoms with E-state index in [0.717, 1.165) is 42.2 Å². The molecule has 1 aliphatic heterocycles. The van der Waals surface area contributed by atoms with Crippen molar-refractivity contribution in [1.29, 1.82) is 0 Å². The van der Waals surface area contributed by atoms with E-state index >= 15 is 0 Å². The first-order chi connectivity index (χ1) is 17.0. The minimum Gasteiger partial charge on any atom is -0.381 e. The minimum absolute atomic E-state index is 0.155. The fraction of sp³-hybridized carbons (Fsp3) is 0.464. The Morgan fingerprint density at radius 2 is 1.97 bits per heavy atom. The van der Waals surface area contributed by atoms with E-state index in [1.807, 2.05) is 29.3 Å². The lowest BCUT2D eigenvalue weighted by Crippen LogP contribution is -2.38. The number of aryl methyl sites for hydroxylation is 1. The zero-order chi connectivity index (χ0) is 24.8. The van der Waals surface area contributed by atoms with E-state index in [4.69, 9.17) is 9.72 Å². The Bertz CT molecular complexity index is 1100. The number of rotatable bonds is 8. The van der Waals surface area contributed by atoms with Gasteiger partial charge in [0.15, 0.2) is 0 Å². The molecule has 4 rings (SSSR count). The Hall–Kier alpha value is -2.77. The maximum Gasteiger partial charge on any atom is 0.275 e. The SMILES string of the molecule is CCOCCC(=O)N1CCC(c2nc(C(=O)Nc3ccc(C)cc3C3C=CC=CC3C)cs2)CC1. The maximum atomic E-state index is 13.1. The molecule has 1 aliphatic carbocycles. The van der Waals surface area contributed by atoms with Crippen molar-refractivity contribution in [2.45, 2.75) is 51.9 Å². The van der Waals surface area contributed by atoms with Gasteiger partial charge in [-0.3, -0.25) is 9.59 Å². The van der Waals surface area contributed by atoms with Crippen molar-refractivity contribution in [1.82, 2.24) is 9.88 Å². The quantitative estimate of drug-likeness (QED) is 0.480. The van der Waals surface area contributed by atoms with Gasteiger partial charge in [-0.25, -0.2) is 4.98 Å². The molecular weight excluding hydrogens is 458 g/mol. The van der Waals surface area contributed by atoms with Crippen LogP contribution in [0.4, 0.5) is 5.69 Å². The number of allylic oxidation sites excluding steroid dienone is 4. The summed E-state index contributed by atoms with van der Waals surface area (Å²) < 4.78 is 5.31. The minimum atomic E-state index is -0.177. The van der Waals surface area contributed by atoms with Gasteiger partial charge in [0, 0.05) is 42.6 Å². The Morgan fingerprint density at radius 3 is 2.71 bits per heavy atom. The Kier molecular flexibility index (Phi) is 8.52. The Balaban J connectivity index is 1.38. The Labute approximate surface area is 212 Å². The highest BCUT2D eigenvalue weighted by Gasteiger charge is 2.27. The first-order valence-electron chi connectivity index (χ1n) is 12.5. The highest BCUT2D eigenvalue weighted by atomic mass is 32.1. The van der Waals surface area contributed by atoms with Gasteiger partial charge in [-0.15, -0.1) is 11.3 Å². The summed E-state index contributed by atoms with van der Waals surface area (Å²) in [5.74, 6) is 0.849. The predicted octanol–water partition coefficient (Wildman–Crippen LogP) is 5.68. The number of hydrogen-bond acceptors (Lipinski definition) is 5. The Morgan fingerprint density at radius 1 is 1.20 bits per heavy atom. The van der Waals surface area contributed by atoms with Gasteiger partial charge in [0.05, 0.1) is 18.0 Å². The molecule has 0 bridgehead atoms. The number of carbonyl (C=O) groups excluding carboxylic acids is 2. The fourth-order valence-corrected chi connectivity index (χ4v) is 5.75. The lowest BCUT2D eigenvalue weighted by Gasteiger charge is -2.31. The number of thiazole rings is 1. The summed E-state index contributed by atoms with van der Waals surface area (Å²) >= 11 is 1.54. The molecule has 0 saturated carbocycles. The summed E-state index contributed by atoms with van der Waals surface area (Å²) in [5.41, 5.74) is 3.60. The number of anilines is 1. The number of likely N-dealkylation sites (tertiary alicyclic amines) is 1. The third-order valence-electron chi connectivity index (χ3n) is 6.84. The summed E-state index contributed by atoms with van der Waals surface area (Å²) in [6.07, 6.45) is 10.7. The van der Waals surface area contributed by atoms with Crippen LogP contribution in [-0.4, -0.2) is 48.0 Å². The summed E-state index contributed by atoms with van der Waals surface area (Å²) in [6.45, 7) is 8.78. The average molecular weight is 494 g/mol. The van der Waals surface area contributed by atoms with Crippen molar-refractivity contribution in [2.24, 2.45) is 5.92 Å². The zero-order valence-corrected chi connectivity index (χ0v) is 21.6. The van der Waals surface area contributed by atoms with Crippen LogP contribution in [0.3, 0.4) is 0 Å². The molecule has 1 aromatic heterocycles. The summed E-state index contributed by atoms with van der Waals surface area (Å²) in [6, 6.07) is 6.19. The van der Waals surface area contributed by atoms with Gasteiger partial charge in [-0.05, 0) is 44.2 Å². The van der Waals surface area contributed by atoms with E-state index in [0.29, 0.717) is 31.2 Å². The molecule has 1 fully saturated rings. The number of benzene rings is 1. The molecule has 1 N–H and O–H groups in total. The van der Waals surface area contributed by atoms with Crippen LogP contribution in [0.5, 0.6) is 0 Å². The molecule has 0 radical (unpaired) electrons. The van der Waals surface area contributed by atoms with E-state index < -0.39 is 0 Å². The smallest absolute Gasteiger partial charge is 0.275 e. The molecule has 35 heavy (non-hydrogen) atoms. The van der Waals surface area contributed by atoms with Crippen molar-refractivity contribution < 1.29 is 14.3 Å².